The van der Waals surface area contributed by atoms with Crippen LogP contribution in [0.3, 0.4) is 0 Å². The van der Waals surface area contributed by atoms with E-state index >= 15 is 0 Å². The Balaban J connectivity index is 0.00000176. The Morgan fingerprint density at radius 2 is 1.82 bits per heavy atom. The van der Waals surface area contributed by atoms with Crippen molar-refractivity contribution in [2.75, 3.05) is 6.54 Å². The molecule has 120 valence electrons. The highest BCUT2D eigenvalue weighted by Crippen LogP contribution is 2.26. The fourth-order valence-corrected chi connectivity index (χ4v) is 3.35. The lowest BCUT2D eigenvalue weighted by Crippen LogP contribution is -2.19. The van der Waals surface area contributed by atoms with Crippen LogP contribution in [-0.4, -0.2) is 6.54 Å². The molecule has 0 atom stereocenters. The summed E-state index contributed by atoms with van der Waals surface area (Å²) in [5, 5.41) is 3.61. The van der Waals surface area contributed by atoms with Crippen LogP contribution in [0, 0.1) is 5.92 Å². The normalized spacial score (nSPS) is 15.5. The van der Waals surface area contributed by atoms with Gasteiger partial charge in [0.15, 0.2) is 0 Å². The van der Waals surface area contributed by atoms with Crippen LogP contribution in [0.15, 0.2) is 47.1 Å². The Morgan fingerprint density at radius 3 is 2.59 bits per heavy atom. The Labute approximate surface area is 139 Å². The van der Waals surface area contributed by atoms with Crippen LogP contribution >= 0.6 is 12.4 Å². The highest BCUT2D eigenvalue weighted by Gasteiger charge is 2.12. The van der Waals surface area contributed by atoms with E-state index in [9.17, 15) is 0 Å². The van der Waals surface area contributed by atoms with Crippen LogP contribution in [-0.2, 0) is 6.54 Å². The van der Waals surface area contributed by atoms with E-state index in [1.54, 1.807) is 6.26 Å². The fourth-order valence-electron chi connectivity index (χ4n) is 3.35. The van der Waals surface area contributed by atoms with Gasteiger partial charge >= 0.3 is 0 Å². The molecule has 1 aliphatic rings. The van der Waals surface area contributed by atoms with Gasteiger partial charge in [0.25, 0.3) is 0 Å². The van der Waals surface area contributed by atoms with E-state index < -0.39 is 0 Å². The number of nitrogens with one attached hydrogen (secondary N) is 1. The van der Waals surface area contributed by atoms with Crippen molar-refractivity contribution in [3.05, 3.63) is 48.2 Å². The first-order valence-electron chi connectivity index (χ1n) is 8.26. The Kier molecular flexibility index (Phi) is 7.01. The molecule has 2 aromatic rings. The summed E-state index contributed by atoms with van der Waals surface area (Å²) in [7, 11) is 0. The van der Waals surface area contributed by atoms with Gasteiger partial charge in [0, 0.05) is 12.1 Å². The van der Waals surface area contributed by atoms with Gasteiger partial charge < -0.3 is 9.73 Å². The SMILES string of the molecule is Cl.c1coc(-c2ccccc2CNCCC2CCCCC2)c1. The predicted octanol–water partition coefficient (Wildman–Crippen LogP) is 5.43. The minimum absolute atomic E-state index is 0. The summed E-state index contributed by atoms with van der Waals surface area (Å²) in [6, 6.07) is 12.5. The van der Waals surface area contributed by atoms with Crippen LogP contribution in [0.5, 0.6) is 0 Å². The van der Waals surface area contributed by atoms with Crippen molar-refractivity contribution in [3.63, 3.8) is 0 Å². The summed E-state index contributed by atoms with van der Waals surface area (Å²) in [6.07, 6.45) is 10.2. The quantitative estimate of drug-likeness (QED) is 0.718. The van der Waals surface area contributed by atoms with Crippen molar-refractivity contribution >= 4 is 12.4 Å². The molecule has 0 amide bonds. The maximum atomic E-state index is 5.53. The molecule has 1 saturated carbocycles. The van der Waals surface area contributed by atoms with Gasteiger partial charge in [0.05, 0.1) is 6.26 Å². The van der Waals surface area contributed by atoms with E-state index in [1.807, 2.05) is 12.1 Å². The average molecular weight is 320 g/mol. The van der Waals surface area contributed by atoms with Crippen molar-refractivity contribution in [1.29, 1.82) is 0 Å². The molecule has 0 saturated heterocycles. The standard InChI is InChI=1S/C19H25NO.ClH/c1-2-7-16(8-3-1)12-13-20-15-17-9-4-5-10-18(17)19-11-6-14-21-19;/h4-6,9-11,14,16,20H,1-3,7-8,12-13,15H2;1H. The Morgan fingerprint density at radius 1 is 1.00 bits per heavy atom. The van der Waals surface area contributed by atoms with Gasteiger partial charge in [-0.1, -0.05) is 56.4 Å². The van der Waals surface area contributed by atoms with Gasteiger partial charge in [-0.2, -0.15) is 0 Å². The van der Waals surface area contributed by atoms with E-state index in [4.69, 9.17) is 4.42 Å². The lowest BCUT2D eigenvalue weighted by atomic mass is 9.87. The van der Waals surface area contributed by atoms with Gasteiger partial charge in [0.1, 0.15) is 5.76 Å². The van der Waals surface area contributed by atoms with Crippen molar-refractivity contribution in [1.82, 2.24) is 5.32 Å². The Bertz CT molecular complexity index is 532. The summed E-state index contributed by atoms with van der Waals surface area (Å²) >= 11 is 0. The van der Waals surface area contributed by atoms with Gasteiger partial charge in [-0.15, -0.1) is 12.4 Å². The van der Waals surface area contributed by atoms with Gasteiger partial charge in [-0.05, 0) is 36.6 Å². The van der Waals surface area contributed by atoms with Crippen molar-refractivity contribution in [2.45, 2.75) is 45.1 Å². The molecule has 0 spiro atoms. The summed E-state index contributed by atoms with van der Waals surface area (Å²) < 4.78 is 5.53. The lowest BCUT2D eigenvalue weighted by molar-refractivity contribution is 0.334. The molecule has 0 unspecified atom stereocenters. The van der Waals surface area contributed by atoms with E-state index in [-0.39, 0.29) is 12.4 Å². The number of benzene rings is 1. The molecule has 1 aliphatic carbocycles. The second-order valence-corrected chi connectivity index (χ2v) is 6.10. The second kappa shape index (κ2) is 9.02. The van der Waals surface area contributed by atoms with Crippen LogP contribution in [0.25, 0.3) is 11.3 Å². The van der Waals surface area contributed by atoms with Crippen molar-refractivity contribution < 1.29 is 4.42 Å². The van der Waals surface area contributed by atoms with Crippen LogP contribution in [0.4, 0.5) is 0 Å². The van der Waals surface area contributed by atoms with Gasteiger partial charge in [-0.3, -0.25) is 0 Å². The molecule has 1 N–H and O–H groups in total. The highest BCUT2D eigenvalue weighted by molar-refractivity contribution is 5.85. The fraction of sp³-hybridized carbons (Fsp3) is 0.474. The largest absolute Gasteiger partial charge is 0.464 e. The van der Waals surface area contributed by atoms with E-state index in [2.05, 4.69) is 29.6 Å². The molecule has 3 heteroatoms. The summed E-state index contributed by atoms with van der Waals surface area (Å²) in [5.74, 6) is 1.91. The van der Waals surface area contributed by atoms with Crippen LogP contribution in [0.1, 0.15) is 44.1 Å². The Hall–Kier alpha value is -1.25. The average Bonchev–Trinajstić information content (AvgIpc) is 3.07. The topological polar surface area (TPSA) is 25.2 Å². The molecule has 0 bridgehead atoms. The number of furan rings is 1. The number of halogens is 1. The third kappa shape index (κ3) is 4.62. The minimum Gasteiger partial charge on any atom is -0.464 e. The van der Waals surface area contributed by atoms with Gasteiger partial charge in [0.2, 0.25) is 0 Å². The third-order valence-corrected chi connectivity index (χ3v) is 4.57. The van der Waals surface area contributed by atoms with Crippen LogP contribution in [0.2, 0.25) is 0 Å². The molecular formula is C19H26ClNO. The number of hydrogen-bond donors (Lipinski definition) is 1. The van der Waals surface area contributed by atoms with E-state index in [1.165, 1.54) is 49.7 Å². The molecule has 0 aliphatic heterocycles. The molecule has 1 aromatic carbocycles. The first kappa shape index (κ1) is 17.1. The molecule has 22 heavy (non-hydrogen) atoms. The van der Waals surface area contributed by atoms with Crippen LogP contribution < -0.4 is 5.32 Å². The van der Waals surface area contributed by atoms with Gasteiger partial charge in [-0.25, -0.2) is 0 Å². The summed E-state index contributed by atoms with van der Waals surface area (Å²) in [6.45, 7) is 2.04. The minimum atomic E-state index is 0. The summed E-state index contributed by atoms with van der Waals surface area (Å²) in [4.78, 5) is 0. The molecule has 1 heterocycles. The highest BCUT2D eigenvalue weighted by atomic mass is 35.5. The molecule has 1 fully saturated rings. The van der Waals surface area contributed by atoms with Crippen molar-refractivity contribution in [2.24, 2.45) is 5.92 Å². The van der Waals surface area contributed by atoms with Crippen molar-refractivity contribution in [3.8, 4) is 11.3 Å². The smallest absolute Gasteiger partial charge is 0.134 e. The molecule has 2 nitrogen and oxygen atoms in total. The summed E-state index contributed by atoms with van der Waals surface area (Å²) in [5.41, 5.74) is 2.52. The number of hydrogen-bond acceptors (Lipinski definition) is 2. The monoisotopic (exact) mass is 319 g/mol. The molecular weight excluding hydrogens is 294 g/mol. The second-order valence-electron chi connectivity index (χ2n) is 6.10. The molecule has 3 rings (SSSR count). The third-order valence-electron chi connectivity index (χ3n) is 4.57. The molecule has 0 radical (unpaired) electrons. The first-order chi connectivity index (χ1) is 10.4. The van der Waals surface area contributed by atoms with E-state index in [0.29, 0.717) is 0 Å². The lowest BCUT2D eigenvalue weighted by Gasteiger charge is -2.21. The maximum absolute atomic E-state index is 5.53. The number of rotatable bonds is 6. The zero-order valence-corrected chi connectivity index (χ0v) is 13.9. The first-order valence-corrected chi connectivity index (χ1v) is 8.26. The predicted molar refractivity (Wildman–Crippen MR) is 94.3 cm³/mol. The zero-order valence-electron chi connectivity index (χ0n) is 13.1. The van der Waals surface area contributed by atoms with E-state index in [0.717, 1.165) is 24.8 Å². The molecule has 1 aromatic heterocycles. The maximum Gasteiger partial charge on any atom is 0.134 e. The zero-order chi connectivity index (χ0) is 14.3.